The molecule has 0 radical (unpaired) electrons. The number of ether oxygens (including phenoxy) is 1. The van der Waals surface area contributed by atoms with Crippen LogP contribution < -0.4 is 11.2 Å². The summed E-state index contributed by atoms with van der Waals surface area (Å²) in [5, 5.41) is 4.45. The zero-order chi connectivity index (χ0) is 28.5. The van der Waals surface area contributed by atoms with Crippen molar-refractivity contribution < 1.29 is 13.5 Å². The van der Waals surface area contributed by atoms with E-state index in [0.29, 0.717) is 54.0 Å². The molecule has 0 aliphatic carbocycles. The fourth-order valence-electron chi connectivity index (χ4n) is 4.80. The fraction of sp³-hybridized carbons (Fsp3) is 0.500. The van der Waals surface area contributed by atoms with Gasteiger partial charge in [-0.15, -0.1) is 0 Å². The Kier molecular flexibility index (Phi) is 8.20. The van der Waals surface area contributed by atoms with Crippen molar-refractivity contribution in [2.75, 3.05) is 0 Å². The SMILES string of the molecule is CCCn1c(=O)c2c(nc(-c3cnn(Cc4cccc(C(C)(F)F)c4)c3)n2C(CC)OC(C)C)n(CC)c1=O. The van der Waals surface area contributed by atoms with Gasteiger partial charge in [0.05, 0.1) is 24.4 Å². The zero-order valence-electron chi connectivity index (χ0n) is 23.3. The first-order valence-corrected chi connectivity index (χ1v) is 13.4. The van der Waals surface area contributed by atoms with E-state index in [1.54, 1.807) is 33.8 Å². The molecule has 3 heterocycles. The summed E-state index contributed by atoms with van der Waals surface area (Å²) in [6.45, 7) is 11.3. The van der Waals surface area contributed by atoms with E-state index in [1.165, 1.54) is 21.3 Å². The monoisotopic (exact) mass is 542 g/mol. The lowest BCUT2D eigenvalue weighted by molar-refractivity contribution is -0.0360. The number of alkyl halides is 2. The Morgan fingerprint density at radius 3 is 2.46 bits per heavy atom. The molecule has 0 spiro atoms. The number of nitrogens with zero attached hydrogens (tertiary/aromatic N) is 6. The van der Waals surface area contributed by atoms with Gasteiger partial charge in [0.15, 0.2) is 11.2 Å². The van der Waals surface area contributed by atoms with Crippen LogP contribution in [-0.2, 0) is 30.3 Å². The van der Waals surface area contributed by atoms with E-state index in [4.69, 9.17) is 9.72 Å². The van der Waals surface area contributed by atoms with E-state index >= 15 is 0 Å². The maximum Gasteiger partial charge on any atom is 0.332 e. The molecule has 1 unspecified atom stereocenters. The number of fused-ring (bicyclic) bond motifs is 1. The van der Waals surface area contributed by atoms with Gasteiger partial charge in [0.2, 0.25) is 0 Å². The Morgan fingerprint density at radius 2 is 1.85 bits per heavy atom. The topological polar surface area (TPSA) is 88.9 Å². The highest BCUT2D eigenvalue weighted by molar-refractivity contribution is 5.77. The second kappa shape index (κ2) is 11.3. The molecule has 4 rings (SSSR count). The van der Waals surface area contributed by atoms with Gasteiger partial charge in [0, 0.05) is 31.8 Å². The molecular weight excluding hydrogens is 506 g/mol. The molecule has 11 heteroatoms. The molecule has 0 aliphatic heterocycles. The summed E-state index contributed by atoms with van der Waals surface area (Å²) in [4.78, 5) is 31.7. The first-order chi connectivity index (χ1) is 18.5. The lowest BCUT2D eigenvalue weighted by Gasteiger charge is -2.23. The molecule has 3 aromatic heterocycles. The summed E-state index contributed by atoms with van der Waals surface area (Å²) in [6, 6.07) is 6.24. The van der Waals surface area contributed by atoms with E-state index in [9.17, 15) is 18.4 Å². The van der Waals surface area contributed by atoms with E-state index < -0.39 is 23.4 Å². The van der Waals surface area contributed by atoms with Gasteiger partial charge in [-0.3, -0.25) is 23.2 Å². The third-order valence-corrected chi connectivity index (χ3v) is 6.56. The predicted molar refractivity (Wildman–Crippen MR) is 146 cm³/mol. The van der Waals surface area contributed by atoms with Crippen LogP contribution in [0.4, 0.5) is 8.78 Å². The summed E-state index contributed by atoms with van der Waals surface area (Å²) in [7, 11) is 0. The number of imidazole rings is 1. The van der Waals surface area contributed by atoms with Crippen molar-refractivity contribution >= 4 is 11.2 Å². The molecule has 0 fully saturated rings. The molecule has 0 bridgehead atoms. The van der Waals surface area contributed by atoms with Gasteiger partial charge >= 0.3 is 5.69 Å². The quantitative estimate of drug-likeness (QED) is 0.262. The number of aryl methyl sites for hydroxylation is 1. The number of benzene rings is 1. The van der Waals surface area contributed by atoms with E-state index in [1.807, 2.05) is 34.6 Å². The molecule has 4 aromatic rings. The summed E-state index contributed by atoms with van der Waals surface area (Å²) in [5.41, 5.74) is 1.03. The predicted octanol–water partition coefficient (Wildman–Crippen LogP) is 5.15. The second-order valence-corrected chi connectivity index (χ2v) is 10.0. The lowest BCUT2D eigenvalue weighted by atomic mass is 10.1. The molecule has 0 saturated heterocycles. The smallest absolute Gasteiger partial charge is 0.332 e. The van der Waals surface area contributed by atoms with E-state index in [0.717, 1.165) is 6.92 Å². The standard InChI is InChI=1S/C28H36F2N6O3/c1-7-13-35-26(37)23-25(34(9-3)27(35)38)32-24(36(23)22(8-2)39-18(4)5)20-15-31-33(17-20)16-19-11-10-12-21(14-19)28(6,29)30/h10-12,14-15,17-18,22H,7-9,13,16H2,1-6H3. The number of aromatic nitrogens is 6. The minimum atomic E-state index is -2.94. The molecular formula is C28H36F2N6O3. The van der Waals surface area contributed by atoms with Crippen LogP contribution in [0.25, 0.3) is 22.6 Å². The highest BCUT2D eigenvalue weighted by atomic mass is 19.3. The lowest BCUT2D eigenvalue weighted by Crippen LogP contribution is -2.40. The minimum Gasteiger partial charge on any atom is -0.355 e. The van der Waals surface area contributed by atoms with Crippen LogP contribution in [0.15, 0.2) is 46.2 Å². The molecule has 1 atom stereocenters. The Bertz CT molecular complexity index is 1570. The largest absolute Gasteiger partial charge is 0.355 e. The van der Waals surface area contributed by atoms with Crippen LogP contribution in [0.3, 0.4) is 0 Å². The van der Waals surface area contributed by atoms with Crippen LogP contribution in [0, 0.1) is 0 Å². The molecule has 39 heavy (non-hydrogen) atoms. The van der Waals surface area contributed by atoms with E-state index in [2.05, 4.69) is 5.10 Å². The maximum absolute atomic E-state index is 13.8. The molecule has 0 N–H and O–H groups in total. The van der Waals surface area contributed by atoms with Crippen molar-refractivity contribution in [2.24, 2.45) is 0 Å². The Morgan fingerprint density at radius 1 is 1.10 bits per heavy atom. The van der Waals surface area contributed by atoms with Crippen LogP contribution in [0.5, 0.6) is 0 Å². The molecule has 9 nitrogen and oxygen atoms in total. The summed E-state index contributed by atoms with van der Waals surface area (Å²) in [6.07, 6.45) is 3.93. The van der Waals surface area contributed by atoms with Crippen LogP contribution in [0.1, 0.15) is 71.7 Å². The Hall–Kier alpha value is -3.60. The third-order valence-electron chi connectivity index (χ3n) is 6.56. The molecule has 1 aromatic carbocycles. The average Bonchev–Trinajstić information content (AvgIpc) is 3.50. The highest BCUT2D eigenvalue weighted by Crippen LogP contribution is 2.30. The normalized spacial score (nSPS) is 13.1. The van der Waals surface area contributed by atoms with Crippen molar-refractivity contribution in [1.29, 1.82) is 0 Å². The Balaban J connectivity index is 1.90. The first-order valence-electron chi connectivity index (χ1n) is 13.4. The number of hydrogen-bond acceptors (Lipinski definition) is 5. The second-order valence-electron chi connectivity index (χ2n) is 10.0. The highest BCUT2D eigenvalue weighted by Gasteiger charge is 2.27. The Labute approximate surface area is 225 Å². The fourth-order valence-corrected chi connectivity index (χ4v) is 4.80. The molecule has 0 aliphatic rings. The van der Waals surface area contributed by atoms with Gasteiger partial charge in [0.1, 0.15) is 12.1 Å². The summed E-state index contributed by atoms with van der Waals surface area (Å²) < 4.78 is 40.1. The van der Waals surface area contributed by atoms with Gasteiger partial charge in [-0.2, -0.15) is 5.10 Å². The van der Waals surface area contributed by atoms with Crippen molar-refractivity contribution in [2.45, 2.75) is 92.3 Å². The van der Waals surface area contributed by atoms with Crippen LogP contribution in [0.2, 0.25) is 0 Å². The van der Waals surface area contributed by atoms with Gasteiger partial charge < -0.3 is 4.74 Å². The third kappa shape index (κ3) is 5.59. The molecule has 0 amide bonds. The number of rotatable bonds is 11. The van der Waals surface area contributed by atoms with Gasteiger partial charge in [0.25, 0.3) is 11.5 Å². The van der Waals surface area contributed by atoms with Gasteiger partial charge in [-0.05, 0) is 45.2 Å². The van der Waals surface area contributed by atoms with Crippen molar-refractivity contribution in [3.05, 3.63) is 68.6 Å². The molecule has 210 valence electrons. The molecule has 0 saturated carbocycles. The van der Waals surface area contributed by atoms with Crippen LogP contribution >= 0.6 is 0 Å². The maximum atomic E-state index is 13.8. The first kappa shape index (κ1) is 28.4. The number of halogens is 2. The zero-order valence-corrected chi connectivity index (χ0v) is 23.3. The van der Waals surface area contributed by atoms with Crippen molar-refractivity contribution in [3.8, 4) is 11.4 Å². The van der Waals surface area contributed by atoms with E-state index in [-0.39, 0.29) is 18.2 Å². The average molecular weight is 543 g/mol. The van der Waals surface area contributed by atoms with Crippen molar-refractivity contribution in [1.82, 2.24) is 28.5 Å². The summed E-state index contributed by atoms with van der Waals surface area (Å²) in [5.74, 6) is -2.49. The van der Waals surface area contributed by atoms with Gasteiger partial charge in [-0.25, -0.2) is 18.6 Å². The van der Waals surface area contributed by atoms with Crippen LogP contribution in [-0.4, -0.2) is 34.6 Å². The van der Waals surface area contributed by atoms with Crippen molar-refractivity contribution in [3.63, 3.8) is 0 Å². The summed E-state index contributed by atoms with van der Waals surface area (Å²) >= 11 is 0. The minimum absolute atomic E-state index is 0.0633. The van der Waals surface area contributed by atoms with Gasteiger partial charge in [-0.1, -0.05) is 32.0 Å². The number of hydrogen-bond donors (Lipinski definition) is 0.